The fourth-order valence-electron chi connectivity index (χ4n) is 8.59. The van der Waals surface area contributed by atoms with Gasteiger partial charge in [-0.15, -0.1) is 0 Å². The van der Waals surface area contributed by atoms with E-state index in [4.69, 9.17) is 12.2 Å². The lowest BCUT2D eigenvalue weighted by atomic mass is 9.84. The van der Waals surface area contributed by atoms with Crippen LogP contribution in [0, 0.1) is 5.92 Å². The summed E-state index contributed by atoms with van der Waals surface area (Å²) in [5, 5.41) is 13.2. The van der Waals surface area contributed by atoms with Gasteiger partial charge in [-0.25, -0.2) is 0 Å². The molecule has 0 aliphatic carbocycles. The number of aromatic nitrogens is 2. The van der Waals surface area contributed by atoms with E-state index in [0.717, 1.165) is 34.1 Å². The van der Waals surface area contributed by atoms with Crippen LogP contribution in [0.4, 0.5) is 5.69 Å². The van der Waals surface area contributed by atoms with Gasteiger partial charge < -0.3 is 20.6 Å². The minimum Gasteiger partial charge on any atom is -0.359 e. The zero-order chi connectivity index (χ0) is 40.8. The third-order valence-electron chi connectivity index (χ3n) is 11.6. The van der Waals surface area contributed by atoms with Crippen molar-refractivity contribution in [3.8, 4) is 11.1 Å². The molecule has 1 atom stereocenters. The molecule has 0 aliphatic heterocycles. The molecule has 0 fully saturated rings. The molecule has 1 unspecified atom stereocenters. The van der Waals surface area contributed by atoms with E-state index in [-0.39, 0.29) is 12.0 Å². The van der Waals surface area contributed by atoms with Gasteiger partial charge in [0.05, 0.1) is 0 Å². The van der Waals surface area contributed by atoms with E-state index in [0.29, 0.717) is 17.5 Å². The Morgan fingerprint density at radius 2 is 1.03 bits per heavy atom. The van der Waals surface area contributed by atoms with Crippen molar-refractivity contribution in [2.75, 3.05) is 11.5 Å². The molecule has 0 aliphatic rings. The molecule has 0 saturated heterocycles. The van der Waals surface area contributed by atoms with Gasteiger partial charge in [0.1, 0.15) is 0 Å². The molecule has 9 rings (SSSR count). The quantitative estimate of drug-likeness (QED) is 0.0693. The summed E-state index contributed by atoms with van der Waals surface area (Å²) < 4.78 is 0. The van der Waals surface area contributed by atoms with Gasteiger partial charge in [0.2, 0.25) is 0 Å². The van der Waals surface area contributed by atoms with Crippen molar-refractivity contribution in [3.05, 3.63) is 222 Å². The lowest BCUT2D eigenvalue weighted by Crippen LogP contribution is -2.44. The van der Waals surface area contributed by atoms with E-state index in [1.807, 2.05) is 0 Å². The molecular weight excluding hydrogens is 768 g/mol. The summed E-state index contributed by atoms with van der Waals surface area (Å²) in [4.78, 5) is 7.86. The number of anilines is 1. The largest absolute Gasteiger partial charge is 0.359 e. The molecule has 6 heteroatoms. The molecule has 4 N–H and O–H groups in total. The number of rotatable bonds is 13. The molecule has 296 valence electrons. The molecule has 0 spiro atoms. The maximum Gasteiger partial charge on any atom is 0.171 e. The van der Waals surface area contributed by atoms with Crippen molar-refractivity contribution < 1.29 is 0 Å². The monoisotopic (exact) mass is 816 g/mol. The van der Waals surface area contributed by atoms with Crippen LogP contribution in [-0.4, -0.2) is 27.3 Å². The third kappa shape index (κ3) is 8.29. The predicted octanol–water partition coefficient (Wildman–Crippen LogP) is 12.5. The Hall–Kier alpha value is -6.26. The van der Waals surface area contributed by atoms with Crippen LogP contribution in [0.15, 0.2) is 194 Å². The lowest BCUT2D eigenvalue weighted by molar-refractivity contribution is 0.494. The molecule has 4 nitrogen and oxygen atoms in total. The minimum atomic E-state index is -0.591. The van der Waals surface area contributed by atoms with E-state index in [9.17, 15) is 0 Å². The highest BCUT2D eigenvalue weighted by Gasteiger charge is 2.28. The molecule has 2 heterocycles. The summed E-state index contributed by atoms with van der Waals surface area (Å²) in [5.74, 6) is 0.361. The minimum absolute atomic E-state index is 0.00701. The van der Waals surface area contributed by atoms with E-state index >= 15 is 0 Å². The zero-order valence-electron chi connectivity index (χ0n) is 34.0. The maximum absolute atomic E-state index is 6.15. The normalized spacial score (nSPS) is 12.1. The van der Waals surface area contributed by atoms with E-state index in [1.165, 1.54) is 49.3 Å². The summed E-state index contributed by atoms with van der Waals surface area (Å²) in [6.45, 7) is 4.57. The van der Waals surface area contributed by atoms with Crippen molar-refractivity contribution in [1.29, 1.82) is 0 Å². The van der Waals surface area contributed by atoms with Crippen LogP contribution in [0.1, 0.15) is 47.8 Å². The van der Waals surface area contributed by atoms with Crippen LogP contribution < -0.4 is 21.2 Å². The van der Waals surface area contributed by atoms with Gasteiger partial charge in [-0.3, -0.25) is 0 Å². The van der Waals surface area contributed by atoms with Crippen LogP contribution in [-0.2, 0) is 6.42 Å². The molecule has 60 heavy (non-hydrogen) atoms. The number of hydrogen-bond acceptors (Lipinski definition) is 1. The molecule has 0 bridgehead atoms. The molecule has 9 aromatic rings. The van der Waals surface area contributed by atoms with Crippen LogP contribution >= 0.6 is 20.1 Å². The van der Waals surface area contributed by atoms with Crippen molar-refractivity contribution in [1.82, 2.24) is 15.3 Å². The first-order chi connectivity index (χ1) is 29.5. The lowest BCUT2D eigenvalue weighted by Gasteiger charge is -2.29. The Bertz CT molecular complexity index is 2750. The average molecular weight is 817 g/mol. The predicted molar refractivity (Wildman–Crippen MR) is 261 cm³/mol. The zero-order valence-corrected chi connectivity index (χ0v) is 35.7. The highest BCUT2D eigenvalue weighted by molar-refractivity contribution is 7.80. The second kappa shape index (κ2) is 17.9. The van der Waals surface area contributed by atoms with Gasteiger partial charge in [-0.05, 0) is 77.7 Å². The Morgan fingerprint density at radius 3 is 1.62 bits per heavy atom. The fraction of sp³-hybridized carbons (Fsp3) is 0.130. The van der Waals surface area contributed by atoms with E-state index in [1.54, 1.807) is 0 Å². The van der Waals surface area contributed by atoms with Gasteiger partial charge in [-0.2, -0.15) is 0 Å². The SMILES string of the molecule is CC(C)C(CP(c1ccccc1)c1ccccc1)NC(=S)Nc1ccccc1Cc1[nH]c2ccccc2c1-c1c(C(c2ccccc2)c2ccccc2)[nH]c2ccccc12. The molecule has 0 saturated carbocycles. The molecule has 2 aromatic heterocycles. The van der Waals surface area contributed by atoms with Crippen LogP contribution in [0.25, 0.3) is 32.9 Å². The van der Waals surface area contributed by atoms with Crippen molar-refractivity contribution in [2.24, 2.45) is 5.92 Å². The average Bonchev–Trinajstić information content (AvgIpc) is 3.84. The summed E-state index contributed by atoms with van der Waals surface area (Å²) in [7, 11) is -0.591. The Labute approximate surface area is 359 Å². The maximum atomic E-state index is 6.15. The summed E-state index contributed by atoms with van der Waals surface area (Å²) >= 11 is 6.15. The number of H-pyrrole nitrogens is 2. The first-order valence-electron chi connectivity index (χ1n) is 20.9. The van der Waals surface area contributed by atoms with Gasteiger partial charge in [0.25, 0.3) is 0 Å². The van der Waals surface area contributed by atoms with E-state index in [2.05, 4.69) is 229 Å². The second-order valence-electron chi connectivity index (χ2n) is 15.8. The number of thiocarbonyl (C=S) groups is 1. The Morgan fingerprint density at radius 1 is 0.550 bits per heavy atom. The molecule has 7 aromatic carbocycles. The Kier molecular flexibility index (Phi) is 11.7. The van der Waals surface area contributed by atoms with Crippen molar-refractivity contribution in [2.45, 2.75) is 32.2 Å². The molecular formula is C54H49N4PS. The smallest absolute Gasteiger partial charge is 0.171 e. The number of para-hydroxylation sites is 3. The van der Waals surface area contributed by atoms with Crippen molar-refractivity contribution in [3.63, 3.8) is 0 Å². The van der Waals surface area contributed by atoms with Gasteiger partial charge >= 0.3 is 0 Å². The second-order valence-corrected chi connectivity index (χ2v) is 18.5. The summed E-state index contributed by atoms with van der Waals surface area (Å²) in [6, 6.07) is 69.8. The number of benzene rings is 7. The van der Waals surface area contributed by atoms with Crippen molar-refractivity contribution >= 4 is 63.4 Å². The number of fused-ring (bicyclic) bond motifs is 2. The molecule has 0 amide bonds. The standard InChI is InChI=1S/C54H49N4PS/c1-37(2)49(36-59(41-26-11-5-12-27-41)42-28-13-6-14-29-42)58-54(60)57-45-32-18-15-25-40(45)35-48-51(43-30-16-19-33-46(43)55-48)52-44-31-17-20-34-47(44)56-53(52)50(38-21-7-3-8-22-38)39-23-9-4-10-24-39/h3-34,37,49-50,55-56H,35-36H2,1-2H3,(H2,57,58,60). The number of nitrogens with one attached hydrogen (secondary N) is 4. The first kappa shape index (κ1) is 39.2. The van der Waals surface area contributed by atoms with Crippen LogP contribution in [0.2, 0.25) is 0 Å². The number of hydrogen-bond donors (Lipinski definition) is 4. The summed E-state index contributed by atoms with van der Waals surface area (Å²) in [6.07, 6.45) is 1.65. The van der Waals surface area contributed by atoms with Gasteiger partial charge in [0.15, 0.2) is 5.11 Å². The topological polar surface area (TPSA) is 55.6 Å². The molecule has 0 radical (unpaired) electrons. The highest BCUT2D eigenvalue weighted by Crippen LogP contribution is 2.46. The fourth-order valence-corrected chi connectivity index (χ4v) is 11.5. The van der Waals surface area contributed by atoms with Crippen LogP contribution in [0.3, 0.4) is 0 Å². The highest BCUT2D eigenvalue weighted by atomic mass is 32.1. The van der Waals surface area contributed by atoms with E-state index < -0.39 is 7.92 Å². The van der Waals surface area contributed by atoms with Crippen LogP contribution in [0.5, 0.6) is 0 Å². The van der Waals surface area contributed by atoms with Gasteiger partial charge in [-0.1, -0.05) is 190 Å². The Balaban J connectivity index is 1.08. The van der Waals surface area contributed by atoms with Gasteiger partial charge in [0, 0.05) is 68.4 Å². The first-order valence-corrected chi connectivity index (χ1v) is 22.8. The number of aromatic amines is 2. The third-order valence-corrected chi connectivity index (χ3v) is 14.4. The summed E-state index contributed by atoms with van der Waals surface area (Å²) in [5.41, 5.74) is 11.7.